The second kappa shape index (κ2) is 14.5. The highest BCUT2D eigenvalue weighted by atomic mass is 32.1. The summed E-state index contributed by atoms with van der Waals surface area (Å²) in [7, 11) is 0. The van der Waals surface area contributed by atoms with Crippen LogP contribution in [0.4, 0.5) is 17.1 Å². The van der Waals surface area contributed by atoms with E-state index in [0.717, 1.165) is 61.3 Å². The minimum atomic E-state index is 0.897. The highest BCUT2D eigenvalue weighted by Crippen LogP contribution is 2.45. The Morgan fingerprint density at radius 3 is 1.79 bits per heavy atom. The van der Waals surface area contributed by atoms with Crippen molar-refractivity contribution in [3.63, 3.8) is 0 Å². The quantitative estimate of drug-likeness (QED) is 0.160. The number of nitrogens with zero attached hydrogens (tertiary/aromatic N) is 1. The number of fused-ring (bicyclic) bond motifs is 7. The van der Waals surface area contributed by atoms with Gasteiger partial charge in [-0.2, -0.15) is 0 Å². The second-order valence-electron chi connectivity index (χ2n) is 15.7. The topological polar surface area (TPSA) is 16.4 Å². The summed E-state index contributed by atoms with van der Waals surface area (Å²) in [6, 6.07) is 81.2. The standard InChI is InChI=1S/C58H37NOS/c1-2-15-39-34-44(33-32-38(39)14-1)47-22-3-6-29-54(47)59(46-21-11-19-43(37-46)48-25-12-27-52-50-23-4-7-30-55(50)60-57(48)52)45-20-10-17-41(36-45)40-16-9-18-42(35-40)49-26-13-28-53-51-24-5-8-31-56(51)61-58(49)53/h1-37H. The van der Waals surface area contributed by atoms with Crippen molar-refractivity contribution in [3.8, 4) is 44.5 Å². The molecule has 0 aliphatic heterocycles. The lowest BCUT2D eigenvalue weighted by Crippen LogP contribution is -2.11. The Morgan fingerprint density at radius 1 is 0.344 bits per heavy atom. The highest BCUT2D eigenvalue weighted by molar-refractivity contribution is 7.26. The molecule has 0 saturated carbocycles. The van der Waals surface area contributed by atoms with Gasteiger partial charge >= 0.3 is 0 Å². The predicted molar refractivity (Wildman–Crippen MR) is 261 cm³/mol. The first-order valence-electron chi connectivity index (χ1n) is 20.7. The monoisotopic (exact) mass is 795 g/mol. The Kier molecular flexibility index (Phi) is 8.39. The molecule has 0 radical (unpaired) electrons. The van der Waals surface area contributed by atoms with Crippen LogP contribution in [0.2, 0.25) is 0 Å². The zero-order valence-corrected chi connectivity index (χ0v) is 33.9. The fourth-order valence-corrected chi connectivity index (χ4v) is 10.4. The van der Waals surface area contributed by atoms with E-state index in [2.05, 4.69) is 217 Å². The van der Waals surface area contributed by atoms with E-state index >= 15 is 0 Å². The minimum absolute atomic E-state index is 0.897. The molecule has 286 valence electrons. The summed E-state index contributed by atoms with van der Waals surface area (Å²) in [5.41, 5.74) is 14.3. The molecular formula is C58H37NOS. The summed E-state index contributed by atoms with van der Waals surface area (Å²) < 4.78 is 9.19. The number of hydrogen-bond acceptors (Lipinski definition) is 3. The first-order chi connectivity index (χ1) is 30.2. The second-order valence-corrected chi connectivity index (χ2v) is 16.7. The van der Waals surface area contributed by atoms with Crippen molar-refractivity contribution in [2.75, 3.05) is 4.90 Å². The van der Waals surface area contributed by atoms with Crippen LogP contribution in [0.3, 0.4) is 0 Å². The fraction of sp³-hybridized carbons (Fsp3) is 0. The Bertz CT molecular complexity index is 3630. The minimum Gasteiger partial charge on any atom is -0.455 e. The lowest BCUT2D eigenvalue weighted by molar-refractivity contribution is 0.670. The van der Waals surface area contributed by atoms with Gasteiger partial charge < -0.3 is 9.32 Å². The zero-order chi connectivity index (χ0) is 40.3. The Labute approximate surface area is 357 Å². The Balaban J connectivity index is 1.02. The average molecular weight is 796 g/mol. The predicted octanol–water partition coefficient (Wildman–Crippen LogP) is 17.2. The first-order valence-corrected chi connectivity index (χ1v) is 21.6. The van der Waals surface area contributed by atoms with Gasteiger partial charge in [0.1, 0.15) is 11.2 Å². The molecule has 0 bridgehead atoms. The molecule has 0 atom stereocenters. The van der Waals surface area contributed by atoms with Gasteiger partial charge in [0.25, 0.3) is 0 Å². The van der Waals surface area contributed by atoms with E-state index in [-0.39, 0.29) is 0 Å². The lowest BCUT2D eigenvalue weighted by atomic mass is 9.96. The van der Waals surface area contributed by atoms with Crippen molar-refractivity contribution in [2.24, 2.45) is 0 Å². The molecule has 0 saturated heterocycles. The molecule has 61 heavy (non-hydrogen) atoms. The van der Waals surface area contributed by atoms with Crippen molar-refractivity contribution in [3.05, 3.63) is 224 Å². The molecule has 2 aromatic heterocycles. The van der Waals surface area contributed by atoms with E-state index < -0.39 is 0 Å². The van der Waals surface area contributed by atoms with Gasteiger partial charge in [0.2, 0.25) is 0 Å². The molecule has 0 aliphatic carbocycles. The van der Waals surface area contributed by atoms with E-state index in [1.165, 1.54) is 53.2 Å². The van der Waals surface area contributed by atoms with Crippen LogP contribution in [-0.2, 0) is 0 Å². The zero-order valence-electron chi connectivity index (χ0n) is 33.1. The molecule has 0 aliphatic rings. The summed E-state index contributed by atoms with van der Waals surface area (Å²) >= 11 is 1.87. The van der Waals surface area contributed by atoms with Crippen LogP contribution in [0, 0.1) is 0 Å². The van der Waals surface area contributed by atoms with Gasteiger partial charge in [-0.15, -0.1) is 11.3 Å². The summed E-state index contributed by atoms with van der Waals surface area (Å²) in [6.45, 7) is 0. The largest absolute Gasteiger partial charge is 0.455 e. The van der Waals surface area contributed by atoms with E-state index in [1.807, 2.05) is 23.5 Å². The molecule has 2 nitrogen and oxygen atoms in total. The summed E-state index contributed by atoms with van der Waals surface area (Å²) in [4.78, 5) is 2.41. The normalized spacial score (nSPS) is 11.6. The van der Waals surface area contributed by atoms with Gasteiger partial charge in [0, 0.05) is 53.4 Å². The van der Waals surface area contributed by atoms with Gasteiger partial charge in [-0.1, -0.05) is 170 Å². The summed E-state index contributed by atoms with van der Waals surface area (Å²) in [6.07, 6.45) is 0. The van der Waals surface area contributed by atoms with E-state index in [4.69, 9.17) is 4.42 Å². The van der Waals surface area contributed by atoms with Gasteiger partial charge in [-0.25, -0.2) is 0 Å². The fourth-order valence-electron chi connectivity index (χ4n) is 9.15. The SMILES string of the molecule is c1cc(-c2cccc(N(c3cccc(-c4cccc5c4oc4ccccc45)c3)c3ccccc3-c3ccc4ccccc4c3)c2)cc(-c2cccc3c2sc2ccccc23)c1. The van der Waals surface area contributed by atoms with Crippen LogP contribution in [0.5, 0.6) is 0 Å². The Hall–Kier alpha value is -7.72. The molecule has 0 spiro atoms. The van der Waals surface area contributed by atoms with E-state index in [9.17, 15) is 0 Å². The number of furan rings is 1. The van der Waals surface area contributed by atoms with Gasteiger partial charge in [0.15, 0.2) is 0 Å². The smallest absolute Gasteiger partial charge is 0.143 e. The molecule has 12 aromatic rings. The van der Waals surface area contributed by atoms with E-state index in [1.54, 1.807) is 0 Å². The molecule has 0 N–H and O–H groups in total. The highest BCUT2D eigenvalue weighted by Gasteiger charge is 2.20. The van der Waals surface area contributed by atoms with Crippen LogP contribution < -0.4 is 4.90 Å². The molecular weight excluding hydrogens is 759 g/mol. The molecule has 0 amide bonds. The van der Waals surface area contributed by atoms with Crippen molar-refractivity contribution in [2.45, 2.75) is 0 Å². The van der Waals surface area contributed by atoms with Crippen molar-refractivity contribution in [1.29, 1.82) is 0 Å². The number of benzene rings is 10. The number of hydrogen-bond donors (Lipinski definition) is 0. The Morgan fingerprint density at radius 2 is 0.918 bits per heavy atom. The van der Waals surface area contributed by atoms with Crippen LogP contribution in [0.15, 0.2) is 229 Å². The molecule has 2 heterocycles. The van der Waals surface area contributed by atoms with Gasteiger partial charge in [-0.3, -0.25) is 0 Å². The van der Waals surface area contributed by atoms with Crippen LogP contribution in [0.25, 0.3) is 97.4 Å². The maximum Gasteiger partial charge on any atom is 0.143 e. The number of para-hydroxylation sites is 3. The van der Waals surface area contributed by atoms with Crippen molar-refractivity contribution < 1.29 is 4.42 Å². The maximum absolute atomic E-state index is 6.55. The summed E-state index contributed by atoms with van der Waals surface area (Å²) in [5.74, 6) is 0. The molecule has 12 rings (SSSR count). The van der Waals surface area contributed by atoms with Crippen molar-refractivity contribution >= 4 is 81.3 Å². The first kappa shape index (κ1) is 35.2. The average Bonchev–Trinajstić information content (AvgIpc) is 3.91. The third-order valence-corrected chi connectivity index (χ3v) is 13.3. The third kappa shape index (κ3) is 6.09. The van der Waals surface area contributed by atoms with Crippen LogP contribution >= 0.6 is 11.3 Å². The molecule has 0 unspecified atom stereocenters. The maximum atomic E-state index is 6.55. The van der Waals surface area contributed by atoms with E-state index in [0.29, 0.717) is 0 Å². The van der Waals surface area contributed by atoms with Crippen molar-refractivity contribution in [1.82, 2.24) is 0 Å². The number of rotatable bonds is 7. The summed E-state index contributed by atoms with van der Waals surface area (Å²) in [5, 5.41) is 7.32. The van der Waals surface area contributed by atoms with Crippen LogP contribution in [-0.4, -0.2) is 0 Å². The number of thiophene rings is 1. The third-order valence-electron chi connectivity index (χ3n) is 12.0. The lowest BCUT2D eigenvalue weighted by Gasteiger charge is -2.29. The molecule has 3 heteroatoms. The van der Waals surface area contributed by atoms with Gasteiger partial charge in [-0.05, 0) is 98.8 Å². The molecule has 10 aromatic carbocycles. The van der Waals surface area contributed by atoms with Gasteiger partial charge in [0.05, 0.1) is 5.69 Å². The number of anilines is 3. The molecule has 0 fully saturated rings. The van der Waals surface area contributed by atoms with Crippen LogP contribution in [0.1, 0.15) is 0 Å².